The molecule has 4 nitrogen and oxygen atoms in total. The molecule has 2 rings (SSSR count). The first-order valence-electron chi connectivity index (χ1n) is 6.75. The van der Waals surface area contributed by atoms with Crippen LogP contribution in [0, 0.1) is 0 Å². The van der Waals surface area contributed by atoms with Crippen molar-refractivity contribution < 1.29 is 9.53 Å². The average Bonchev–Trinajstić information content (AvgIpc) is 2.38. The van der Waals surface area contributed by atoms with E-state index in [0.29, 0.717) is 13.2 Å². The standard InChI is InChI=1S/C15H22N2O2/c1-15(17-14(18)16-9-10-19-2)8-7-12-5-3-4-6-13(12)11-15/h3-6H,7-11H2,1-2H3,(H2,16,17,18). The summed E-state index contributed by atoms with van der Waals surface area (Å²) in [5.41, 5.74) is 2.58. The van der Waals surface area contributed by atoms with E-state index in [2.05, 4.69) is 41.8 Å². The van der Waals surface area contributed by atoms with Gasteiger partial charge in [-0.15, -0.1) is 0 Å². The lowest BCUT2D eigenvalue weighted by Crippen LogP contribution is -2.53. The van der Waals surface area contributed by atoms with Crippen LogP contribution in [0.25, 0.3) is 0 Å². The quantitative estimate of drug-likeness (QED) is 0.814. The lowest BCUT2D eigenvalue weighted by molar-refractivity contribution is 0.191. The van der Waals surface area contributed by atoms with Crippen LogP contribution in [0.4, 0.5) is 4.79 Å². The van der Waals surface area contributed by atoms with E-state index in [0.717, 1.165) is 19.3 Å². The van der Waals surface area contributed by atoms with Crippen molar-refractivity contribution in [3.8, 4) is 0 Å². The molecule has 0 aromatic heterocycles. The number of urea groups is 1. The second kappa shape index (κ2) is 6.06. The smallest absolute Gasteiger partial charge is 0.315 e. The lowest BCUT2D eigenvalue weighted by Gasteiger charge is -2.35. The van der Waals surface area contributed by atoms with Crippen molar-refractivity contribution in [1.29, 1.82) is 0 Å². The Morgan fingerprint density at radius 3 is 2.84 bits per heavy atom. The Bertz CT molecular complexity index is 448. The summed E-state index contributed by atoms with van der Waals surface area (Å²) >= 11 is 0. The lowest BCUT2D eigenvalue weighted by atomic mass is 9.79. The highest BCUT2D eigenvalue weighted by atomic mass is 16.5. The molecule has 1 aliphatic carbocycles. The number of nitrogens with one attached hydrogen (secondary N) is 2. The molecular weight excluding hydrogens is 240 g/mol. The molecule has 1 atom stereocenters. The van der Waals surface area contributed by atoms with Gasteiger partial charge in [0.15, 0.2) is 0 Å². The number of carbonyl (C=O) groups is 1. The van der Waals surface area contributed by atoms with E-state index in [-0.39, 0.29) is 11.6 Å². The zero-order chi connectivity index (χ0) is 13.7. The maximum absolute atomic E-state index is 11.8. The largest absolute Gasteiger partial charge is 0.383 e. The molecule has 104 valence electrons. The van der Waals surface area contributed by atoms with Crippen molar-refractivity contribution in [3.05, 3.63) is 35.4 Å². The van der Waals surface area contributed by atoms with Gasteiger partial charge in [-0.3, -0.25) is 0 Å². The van der Waals surface area contributed by atoms with Gasteiger partial charge in [-0.1, -0.05) is 24.3 Å². The Balaban J connectivity index is 1.92. The fraction of sp³-hybridized carbons (Fsp3) is 0.533. The van der Waals surface area contributed by atoms with Gasteiger partial charge in [0.05, 0.1) is 6.61 Å². The molecule has 0 fully saturated rings. The molecule has 0 heterocycles. The second-order valence-electron chi connectivity index (χ2n) is 5.38. The predicted molar refractivity (Wildman–Crippen MR) is 75.3 cm³/mol. The number of benzene rings is 1. The Morgan fingerprint density at radius 2 is 2.11 bits per heavy atom. The number of aryl methyl sites for hydroxylation is 1. The maximum atomic E-state index is 11.8. The number of hydrogen-bond donors (Lipinski definition) is 2. The molecule has 0 aliphatic heterocycles. The highest BCUT2D eigenvalue weighted by molar-refractivity contribution is 5.74. The van der Waals surface area contributed by atoms with Crippen LogP contribution in [0.5, 0.6) is 0 Å². The molecule has 1 aliphatic rings. The van der Waals surface area contributed by atoms with Crippen LogP contribution in [-0.2, 0) is 17.6 Å². The molecule has 19 heavy (non-hydrogen) atoms. The van der Waals surface area contributed by atoms with E-state index in [4.69, 9.17) is 4.74 Å². The predicted octanol–water partition coefficient (Wildman–Crippen LogP) is 1.88. The van der Waals surface area contributed by atoms with Crippen LogP contribution in [0.2, 0.25) is 0 Å². The van der Waals surface area contributed by atoms with Crippen LogP contribution in [0.15, 0.2) is 24.3 Å². The zero-order valence-corrected chi connectivity index (χ0v) is 11.7. The van der Waals surface area contributed by atoms with Gasteiger partial charge in [-0.05, 0) is 37.3 Å². The summed E-state index contributed by atoms with van der Waals surface area (Å²) in [5, 5.41) is 5.89. The molecule has 0 saturated carbocycles. The summed E-state index contributed by atoms with van der Waals surface area (Å²) in [7, 11) is 1.62. The van der Waals surface area contributed by atoms with E-state index in [1.807, 2.05) is 0 Å². The minimum Gasteiger partial charge on any atom is -0.383 e. The van der Waals surface area contributed by atoms with Crippen molar-refractivity contribution in [3.63, 3.8) is 0 Å². The van der Waals surface area contributed by atoms with Crippen molar-refractivity contribution in [2.75, 3.05) is 20.3 Å². The fourth-order valence-electron chi connectivity index (χ4n) is 2.58. The third-order valence-electron chi connectivity index (χ3n) is 3.65. The normalized spacial score (nSPS) is 21.6. The van der Waals surface area contributed by atoms with Crippen molar-refractivity contribution >= 4 is 6.03 Å². The van der Waals surface area contributed by atoms with Crippen LogP contribution < -0.4 is 10.6 Å². The van der Waals surface area contributed by atoms with Gasteiger partial charge in [0.25, 0.3) is 0 Å². The van der Waals surface area contributed by atoms with Crippen LogP contribution in [-0.4, -0.2) is 31.8 Å². The molecule has 0 spiro atoms. The molecule has 1 aromatic carbocycles. The monoisotopic (exact) mass is 262 g/mol. The Labute approximate surface area is 114 Å². The first kappa shape index (κ1) is 13.9. The molecule has 0 bridgehead atoms. The summed E-state index contributed by atoms with van der Waals surface area (Å²) in [6, 6.07) is 8.35. The van der Waals surface area contributed by atoms with Crippen LogP contribution >= 0.6 is 0 Å². The van der Waals surface area contributed by atoms with Gasteiger partial charge in [0.2, 0.25) is 0 Å². The van der Waals surface area contributed by atoms with Gasteiger partial charge >= 0.3 is 6.03 Å². The molecular formula is C15H22N2O2. The molecule has 1 unspecified atom stereocenters. The van der Waals surface area contributed by atoms with E-state index in [1.165, 1.54) is 11.1 Å². The third kappa shape index (κ3) is 3.70. The topological polar surface area (TPSA) is 50.4 Å². The average molecular weight is 262 g/mol. The number of amides is 2. The molecule has 2 N–H and O–H groups in total. The SMILES string of the molecule is COCCNC(=O)NC1(C)CCc2ccccc2C1. The summed E-state index contributed by atoms with van der Waals surface area (Å²) < 4.78 is 4.91. The first-order chi connectivity index (χ1) is 9.13. The molecule has 0 radical (unpaired) electrons. The summed E-state index contributed by atoms with van der Waals surface area (Å²) in [6.07, 6.45) is 2.88. The Kier molecular flexibility index (Phi) is 4.43. The zero-order valence-electron chi connectivity index (χ0n) is 11.7. The van der Waals surface area contributed by atoms with Crippen LogP contribution in [0.3, 0.4) is 0 Å². The van der Waals surface area contributed by atoms with Crippen molar-refractivity contribution in [2.45, 2.75) is 31.7 Å². The summed E-state index contributed by atoms with van der Waals surface area (Å²) in [6.45, 7) is 3.18. The van der Waals surface area contributed by atoms with Crippen LogP contribution in [0.1, 0.15) is 24.5 Å². The molecule has 0 saturated heterocycles. The number of carbonyl (C=O) groups excluding carboxylic acids is 1. The van der Waals surface area contributed by atoms with Gasteiger partial charge in [-0.2, -0.15) is 0 Å². The number of ether oxygens (including phenoxy) is 1. The first-order valence-corrected chi connectivity index (χ1v) is 6.75. The highest BCUT2D eigenvalue weighted by Crippen LogP contribution is 2.28. The Hall–Kier alpha value is -1.55. The number of fused-ring (bicyclic) bond motifs is 1. The van der Waals surface area contributed by atoms with Gasteiger partial charge in [0.1, 0.15) is 0 Å². The van der Waals surface area contributed by atoms with Gasteiger partial charge < -0.3 is 15.4 Å². The highest BCUT2D eigenvalue weighted by Gasteiger charge is 2.30. The minimum atomic E-state index is -0.161. The molecule has 2 amide bonds. The van der Waals surface area contributed by atoms with Gasteiger partial charge in [-0.25, -0.2) is 4.79 Å². The molecule has 4 heteroatoms. The van der Waals surface area contributed by atoms with Crippen molar-refractivity contribution in [1.82, 2.24) is 10.6 Å². The fourth-order valence-corrected chi connectivity index (χ4v) is 2.58. The Morgan fingerprint density at radius 1 is 1.37 bits per heavy atom. The number of methoxy groups -OCH3 is 1. The summed E-state index contributed by atoms with van der Waals surface area (Å²) in [5.74, 6) is 0. The number of hydrogen-bond acceptors (Lipinski definition) is 2. The minimum absolute atomic E-state index is 0.112. The van der Waals surface area contributed by atoms with Gasteiger partial charge in [0, 0.05) is 19.2 Å². The summed E-state index contributed by atoms with van der Waals surface area (Å²) in [4.78, 5) is 11.8. The van der Waals surface area contributed by atoms with Crippen molar-refractivity contribution in [2.24, 2.45) is 0 Å². The molecule has 1 aromatic rings. The van der Waals surface area contributed by atoms with E-state index < -0.39 is 0 Å². The third-order valence-corrected chi connectivity index (χ3v) is 3.65. The van der Waals surface area contributed by atoms with E-state index >= 15 is 0 Å². The maximum Gasteiger partial charge on any atom is 0.315 e. The van der Waals surface area contributed by atoms with E-state index in [9.17, 15) is 4.79 Å². The number of rotatable bonds is 4. The second-order valence-corrected chi connectivity index (χ2v) is 5.38. The van der Waals surface area contributed by atoms with E-state index in [1.54, 1.807) is 7.11 Å².